The first-order chi connectivity index (χ1) is 13.8. The van der Waals surface area contributed by atoms with Crippen LogP contribution in [-0.4, -0.2) is 42.9 Å². The first-order valence-electron chi connectivity index (χ1n) is 9.74. The number of rotatable bonds is 7. The lowest BCUT2D eigenvalue weighted by Crippen LogP contribution is -2.50. The normalized spacial score (nSPS) is 16.7. The number of nitrogen functional groups attached to an aromatic ring is 1. The second kappa shape index (κ2) is 9.19. The van der Waals surface area contributed by atoms with Crippen LogP contribution in [0, 0.1) is 5.92 Å². The number of nitrogens with zero attached hydrogens (tertiary/aromatic N) is 2. The highest BCUT2D eigenvalue weighted by atomic mass is 35.5. The van der Waals surface area contributed by atoms with Crippen molar-refractivity contribution >= 4 is 33.3 Å². The number of piperidine rings is 1. The van der Waals surface area contributed by atoms with Gasteiger partial charge in [0.2, 0.25) is 15.9 Å². The summed E-state index contributed by atoms with van der Waals surface area (Å²) in [4.78, 5) is 14.9. The van der Waals surface area contributed by atoms with Crippen LogP contribution < -0.4 is 10.5 Å². The molecule has 158 valence electrons. The first kappa shape index (κ1) is 21.7. The third kappa shape index (κ3) is 5.32. The predicted octanol–water partition coefficient (Wildman–Crippen LogP) is 2.72. The van der Waals surface area contributed by atoms with Crippen molar-refractivity contribution in [3.05, 3.63) is 47.6 Å². The number of halogens is 1. The molecule has 1 aliphatic heterocycles. The minimum Gasteiger partial charge on any atom is -0.385 e. The molecule has 7 nitrogen and oxygen atoms in total. The number of sulfonamides is 1. The van der Waals surface area contributed by atoms with E-state index in [0.29, 0.717) is 31.4 Å². The van der Waals surface area contributed by atoms with E-state index in [0.717, 1.165) is 12.8 Å². The van der Waals surface area contributed by atoms with E-state index in [-0.39, 0.29) is 22.2 Å². The Morgan fingerprint density at radius 3 is 2.55 bits per heavy atom. The molecule has 0 spiro atoms. The van der Waals surface area contributed by atoms with Crippen LogP contribution in [0.1, 0.15) is 26.2 Å². The molecule has 1 unspecified atom stereocenters. The summed E-state index contributed by atoms with van der Waals surface area (Å²) in [7, 11) is -3.96. The van der Waals surface area contributed by atoms with Crippen LogP contribution in [0.3, 0.4) is 0 Å². The topological polar surface area (TPSA) is 97.4 Å². The van der Waals surface area contributed by atoms with Crippen LogP contribution >= 0.6 is 11.6 Å². The van der Waals surface area contributed by atoms with Gasteiger partial charge in [-0.2, -0.15) is 4.72 Å². The summed E-state index contributed by atoms with van der Waals surface area (Å²) < 4.78 is 30.2. The van der Waals surface area contributed by atoms with Gasteiger partial charge in [-0.25, -0.2) is 8.42 Å². The summed E-state index contributed by atoms with van der Waals surface area (Å²) in [6.45, 7) is 3.85. The van der Waals surface area contributed by atoms with Crippen LogP contribution in [-0.2, 0) is 21.4 Å². The van der Waals surface area contributed by atoms with Gasteiger partial charge >= 0.3 is 0 Å². The van der Waals surface area contributed by atoms with Gasteiger partial charge in [-0.3, -0.25) is 4.79 Å². The molecule has 1 aromatic heterocycles. The molecule has 0 saturated carbocycles. The number of benzene rings is 1. The average molecular weight is 439 g/mol. The Morgan fingerprint density at radius 1 is 1.24 bits per heavy atom. The maximum absolute atomic E-state index is 13.2. The second-order valence-electron chi connectivity index (χ2n) is 7.53. The number of nitrogens with two attached hydrogens (primary N) is 1. The molecule has 9 heteroatoms. The number of likely N-dealkylation sites (tertiary alicyclic amines) is 1. The zero-order valence-electron chi connectivity index (χ0n) is 16.4. The lowest BCUT2D eigenvalue weighted by molar-refractivity contribution is -0.134. The summed E-state index contributed by atoms with van der Waals surface area (Å²) in [6.07, 6.45) is 3.93. The average Bonchev–Trinajstić information content (AvgIpc) is 3.10. The maximum atomic E-state index is 13.2. The summed E-state index contributed by atoms with van der Waals surface area (Å²) in [5.41, 5.74) is 5.91. The Bertz CT molecular complexity index is 952. The fraction of sp³-hybridized carbons (Fsp3) is 0.450. The van der Waals surface area contributed by atoms with Gasteiger partial charge in [0.25, 0.3) is 0 Å². The van der Waals surface area contributed by atoms with Gasteiger partial charge < -0.3 is 15.2 Å². The Labute approximate surface area is 176 Å². The molecular weight excluding hydrogens is 412 g/mol. The molecule has 0 radical (unpaired) electrons. The molecule has 0 bridgehead atoms. The van der Waals surface area contributed by atoms with Crippen molar-refractivity contribution in [2.24, 2.45) is 5.92 Å². The van der Waals surface area contributed by atoms with Gasteiger partial charge in [0.1, 0.15) is 16.8 Å². The lowest BCUT2D eigenvalue weighted by atomic mass is 9.98. The van der Waals surface area contributed by atoms with Crippen molar-refractivity contribution in [2.45, 2.75) is 43.7 Å². The molecule has 3 N–H and O–H groups in total. The van der Waals surface area contributed by atoms with E-state index in [2.05, 4.69) is 11.6 Å². The molecule has 1 aliphatic rings. The van der Waals surface area contributed by atoms with Crippen LogP contribution in [0.5, 0.6) is 0 Å². The monoisotopic (exact) mass is 438 g/mol. The van der Waals surface area contributed by atoms with Crippen molar-refractivity contribution in [3.63, 3.8) is 0 Å². The molecule has 29 heavy (non-hydrogen) atoms. The van der Waals surface area contributed by atoms with E-state index in [4.69, 9.17) is 17.3 Å². The third-order valence-corrected chi connectivity index (χ3v) is 7.31. The predicted molar refractivity (Wildman–Crippen MR) is 114 cm³/mol. The van der Waals surface area contributed by atoms with Crippen LogP contribution in [0.2, 0.25) is 5.02 Å². The van der Waals surface area contributed by atoms with Crippen LogP contribution in [0.15, 0.2) is 47.5 Å². The summed E-state index contributed by atoms with van der Waals surface area (Å²) in [5.74, 6) is 0.923. The molecule has 1 amide bonds. The largest absolute Gasteiger partial charge is 0.385 e. The van der Waals surface area contributed by atoms with Gasteiger partial charge in [0, 0.05) is 25.8 Å². The summed E-state index contributed by atoms with van der Waals surface area (Å²) >= 11 is 6.08. The second-order valence-corrected chi connectivity index (χ2v) is 9.62. The highest BCUT2D eigenvalue weighted by molar-refractivity contribution is 7.89. The summed E-state index contributed by atoms with van der Waals surface area (Å²) in [5, 5.41) is 0.118. The molecule has 0 aliphatic carbocycles. The van der Waals surface area contributed by atoms with Gasteiger partial charge in [-0.05, 0) is 49.4 Å². The molecular formula is C20H27ClN4O3S. The molecule has 2 heterocycles. The number of hydrogen-bond acceptors (Lipinski definition) is 4. The number of nitrogens with one attached hydrogen (secondary N) is 1. The Balaban J connectivity index is 1.80. The zero-order chi connectivity index (χ0) is 21.0. The van der Waals surface area contributed by atoms with Gasteiger partial charge in [0.05, 0.1) is 5.02 Å². The van der Waals surface area contributed by atoms with E-state index in [1.54, 1.807) is 27.7 Å². The van der Waals surface area contributed by atoms with E-state index < -0.39 is 16.1 Å². The number of hydrogen-bond donors (Lipinski definition) is 2. The van der Waals surface area contributed by atoms with E-state index in [1.807, 2.05) is 12.3 Å². The summed E-state index contributed by atoms with van der Waals surface area (Å²) in [6, 6.07) is 8.88. The quantitative estimate of drug-likeness (QED) is 0.694. The van der Waals surface area contributed by atoms with Crippen molar-refractivity contribution < 1.29 is 13.2 Å². The highest BCUT2D eigenvalue weighted by Crippen LogP contribution is 2.22. The molecule has 2 aromatic rings. The van der Waals surface area contributed by atoms with E-state index >= 15 is 0 Å². The fourth-order valence-corrected chi connectivity index (χ4v) is 5.24. The molecule has 1 saturated heterocycles. The maximum Gasteiger partial charge on any atom is 0.242 e. The lowest BCUT2D eigenvalue weighted by Gasteiger charge is -2.33. The molecule has 1 fully saturated rings. The van der Waals surface area contributed by atoms with Crippen molar-refractivity contribution in [2.75, 3.05) is 18.8 Å². The SMILES string of the molecule is CC1CCN(C(=O)C(CCn2cccc2N)NS(=O)(=O)c2ccccc2Cl)CC1. The third-order valence-electron chi connectivity index (χ3n) is 5.34. The molecule has 1 aromatic carbocycles. The Morgan fingerprint density at radius 2 is 1.93 bits per heavy atom. The van der Waals surface area contributed by atoms with Gasteiger partial charge in [-0.1, -0.05) is 30.7 Å². The van der Waals surface area contributed by atoms with E-state index in [9.17, 15) is 13.2 Å². The van der Waals surface area contributed by atoms with E-state index in [1.165, 1.54) is 12.1 Å². The van der Waals surface area contributed by atoms with Crippen molar-refractivity contribution in [3.8, 4) is 0 Å². The minimum atomic E-state index is -3.96. The number of amides is 1. The van der Waals surface area contributed by atoms with Crippen molar-refractivity contribution in [1.29, 1.82) is 0 Å². The standard InChI is InChI=1S/C20H27ClN4O3S/c1-15-8-12-25(13-9-15)20(26)17(10-14-24-11-4-7-19(24)22)23-29(27,28)18-6-3-2-5-16(18)21/h2-7,11,15,17,23H,8-10,12-14,22H2,1H3. The van der Waals surface area contributed by atoms with Gasteiger partial charge in [0.15, 0.2) is 0 Å². The number of carbonyl (C=O) groups excluding carboxylic acids is 1. The Hall–Kier alpha value is -2.03. The number of aryl methyl sites for hydroxylation is 1. The molecule has 3 rings (SSSR count). The van der Waals surface area contributed by atoms with Gasteiger partial charge in [-0.15, -0.1) is 0 Å². The van der Waals surface area contributed by atoms with Crippen LogP contribution in [0.25, 0.3) is 0 Å². The molecule has 1 atom stereocenters. The van der Waals surface area contributed by atoms with Crippen molar-refractivity contribution in [1.82, 2.24) is 14.2 Å². The minimum absolute atomic E-state index is 0.0350. The number of carbonyl (C=O) groups is 1. The Kier molecular flexibility index (Phi) is 6.87. The smallest absolute Gasteiger partial charge is 0.242 e. The number of aromatic nitrogens is 1. The highest BCUT2D eigenvalue weighted by Gasteiger charge is 2.31. The zero-order valence-corrected chi connectivity index (χ0v) is 18.0. The fourth-order valence-electron chi connectivity index (χ4n) is 3.49. The number of anilines is 1. The van der Waals surface area contributed by atoms with Crippen LogP contribution in [0.4, 0.5) is 5.82 Å². The first-order valence-corrected chi connectivity index (χ1v) is 11.6.